The summed E-state index contributed by atoms with van der Waals surface area (Å²) in [5.74, 6) is -0.269. The first-order chi connectivity index (χ1) is 14.8. The zero-order valence-electron chi connectivity index (χ0n) is 16.4. The van der Waals surface area contributed by atoms with Crippen molar-refractivity contribution < 1.29 is 13.2 Å². The van der Waals surface area contributed by atoms with Crippen LogP contribution < -0.4 is 9.44 Å². The number of sulfonamides is 1. The fraction of sp³-hybridized carbons (Fsp3) is 0.0952. The van der Waals surface area contributed by atoms with Crippen molar-refractivity contribution in [2.75, 3.05) is 11.8 Å². The maximum absolute atomic E-state index is 13.2. The van der Waals surface area contributed by atoms with Crippen molar-refractivity contribution >= 4 is 56.3 Å². The summed E-state index contributed by atoms with van der Waals surface area (Å²) in [6.07, 6.45) is 6.61. The Bertz CT molecular complexity index is 1210. The summed E-state index contributed by atoms with van der Waals surface area (Å²) in [6.45, 7) is 0.415. The molecular weight excluding hydrogens is 547 g/mol. The maximum atomic E-state index is 13.2. The van der Waals surface area contributed by atoms with E-state index in [2.05, 4.69) is 32.0 Å². The molecule has 1 amide bonds. The van der Waals surface area contributed by atoms with Gasteiger partial charge in [-0.15, -0.1) is 0 Å². The summed E-state index contributed by atoms with van der Waals surface area (Å²) in [5.41, 5.74) is 2.06. The van der Waals surface area contributed by atoms with Crippen LogP contribution in [0.25, 0.3) is 0 Å². The first-order valence-electron chi connectivity index (χ1n) is 9.28. The largest absolute Gasteiger partial charge is 0.337 e. The van der Waals surface area contributed by atoms with Crippen LogP contribution in [0.1, 0.15) is 15.9 Å². The maximum Gasteiger partial charge on any atom is 0.264 e. The molecule has 2 N–H and O–H groups in total. The van der Waals surface area contributed by atoms with Gasteiger partial charge in [-0.25, -0.2) is 8.42 Å². The number of hydrogen-bond acceptors (Lipinski definition) is 6. The number of rotatable bonds is 6. The molecule has 2 aromatic rings. The summed E-state index contributed by atoms with van der Waals surface area (Å²) in [5, 5.41) is 0. The minimum atomic E-state index is -3.93. The lowest BCUT2D eigenvalue weighted by atomic mass is 10.1. The lowest BCUT2D eigenvalue weighted by molar-refractivity contribution is 0.0786. The van der Waals surface area contributed by atoms with Crippen LogP contribution in [-0.2, 0) is 16.6 Å². The second-order valence-electron chi connectivity index (χ2n) is 6.88. The fourth-order valence-corrected chi connectivity index (χ4v) is 5.65. The normalized spacial score (nSPS) is 15.0. The predicted octanol–water partition coefficient (Wildman–Crippen LogP) is 4.03. The molecule has 0 saturated heterocycles. The van der Waals surface area contributed by atoms with Crippen LogP contribution in [0, 0.1) is 3.57 Å². The van der Waals surface area contributed by atoms with Gasteiger partial charge in [-0.3, -0.25) is 13.8 Å². The number of carbonyl (C=O) groups is 1. The standard InChI is InChI=1S/C21H19IN4O3S2/c1-25(14-15-6-3-2-4-7-15)21(27)17-10-9-16(22)12-18(17)24-31(28,29)20-8-5-11-26-19(20)13-23-30-26/h2-13,23-24H,14H2,1H3. The van der Waals surface area contributed by atoms with Gasteiger partial charge in [0.05, 0.1) is 29.1 Å². The molecule has 0 atom stereocenters. The van der Waals surface area contributed by atoms with E-state index in [-0.39, 0.29) is 16.5 Å². The topological polar surface area (TPSA) is 81.8 Å². The summed E-state index contributed by atoms with van der Waals surface area (Å²) < 4.78 is 34.5. The molecule has 4 rings (SSSR count). The van der Waals surface area contributed by atoms with Gasteiger partial charge in [-0.1, -0.05) is 30.3 Å². The van der Waals surface area contributed by atoms with E-state index in [9.17, 15) is 13.2 Å². The fourth-order valence-electron chi connectivity index (χ4n) is 3.19. The zero-order chi connectivity index (χ0) is 22.0. The highest BCUT2D eigenvalue weighted by atomic mass is 127. The SMILES string of the molecule is CN(Cc1ccccc1)C(=O)c1ccc(I)cc1NS(=O)(=O)C1=CC=CN2SNC=C12. The molecule has 31 heavy (non-hydrogen) atoms. The third-order valence-corrected chi connectivity index (χ3v) is 7.48. The molecule has 2 aromatic carbocycles. The highest BCUT2D eigenvalue weighted by molar-refractivity contribution is 14.1. The molecule has 0 radical (unpaired) electrons. The number of nitrogens with one attached hydrogen (secondary N) is 2. The van der Waals surface area contributed by atoms with E-state index >= 15 is 0 Å². The van der Waals surface area contributed by atoms with Gasteiger partial charge >= 0.3 is 0 Å². The molecule has 2 aliphatic heterocycles. The summed E-state index contributed by atoms with van der Waals surface area (Å²) in [7, 11) is -2.23. The number of hydrogen-bond donors (Lipinski definition) is 2. The van der Waals surface area contributed by atoms with E-state index in [1.54, 1.807) is 52.9 Å². The van der Waals surface area contributed by atoms with E-state index in [0.29, 0.717) is 17.8 Å². The molecule has 0 spiro atoms. The van der Waals surface area contributed by atoms with Crippen LogP contribution >= 0.6 is 34.7 Å². The second kappa shape index (κ2) is 8.97. The summed E-state index contributed by atoms with van der Waals surface area (Å²) >= 11 is 3.37. The lowest BCUT2D eigenvalue weighted by Gasteiger charge is -2.22. The molecule has 7 nitrogen and oxygen atoms in total. The lowest BCUT2D eigenvalue weighted by Crippen LogP contribution is -2.28. The highest BCUT2D eigenvalue weighted by Gasteiger charge is 2.30. The molecule has 0 fully saturated rings. The third-order valence-electron chi connectivity index (χ3n) is 4.66. The van der Waals surface area contributed by atoms with Crippen LogP contribution in [0.15, 0.2) is 83.7 Å². The van der Waals surface area contributed by atoms with Crippen molar-refractivity contribution in [3.05, 3.63) is 98.4 Å². The Hall–Kier alpha value is -2.44. The molecule has 160 valence electrons. The average Bonchev–Trinajstić information content (AvgIpc) is 3.22. The van der Waals surface area contributed by atoms with Gasteiger partial charge in [-0.2, -0.15) is 0 Å². The van der Waals surface area contributed by atoms with Gasteiger partial charge in [0.25, 0.3) is 15.9 Å². The quantitative estimate of drug-likeness (QED) is 0.406. The van der Waals surface area contributed by atoms with E-state index < -0.39 is 10.0 Å². The minimum absolute atomic E-state index is 0.127. The molecule has 0 aliphatic carbocycles. The summed E-state index contributed by atoms with van der Waals surface area (Å²) in [6, 6.07) is 14.7. The Morgan fingerprint density at radius 1 is 1.23 bits per heavy atom. The van der Waals surface area contributed by atoms with Crippen LogP contribution in [0.3, 0.4) is 0 Å². The van der Waals surface area contributed by atoms with Gasteiger partial charge in [0, 0.05) is 29.6 Å². The predicted molar refractivity (Wildman–Crippen MR) is 132 cm³/mol. The van der Waals surface area contributed by atoms with Crippen molar-refractivity contribution in [2.24, 2.45) is 0 Å². The van der Waals surface area contributed by atoms with Gasteiger partial charge in [-0.05, 0) is 58.5 Å². The van der Waals surface area contributed by atoms with Crippen molar-refractivity contribution in [3.63, 3.8) is 0 Å². The number of benzene rings is 2. The Kier molecular flexibility index (Phi) is 6.30. The van der Waals surface area contributed by atoms with Crippen molar-refractivity contribution in [2.45, 2.75) is 6.54 Å². The van der Waals surface area contributed by atoms with E-state index in [1.807, 2.05) is 30.3 Å². The van der Waals surface area contributed by atoms with Crippen molar-refractivity contribution in [1.82, 2.24) is 13.9 Å². The first kappa shape index (κ1) is 21.8. The Morgan fingerprint density at radius 2 is 2.00 bits per heavy atom. The molecule has 0 unspecified atom stereocenters. The van der Waals surface area contributed by atoms with Crippen molar-refractivity contribution in [3.8, 4) is 0 Å². The van der Waals surface area contributed by atoms with Crippen LogP contribution in [0.5, 0.6) is 0 Å². The molecule has 2 aliphatic rings. The number of fused-ring (bicyclic) bond motifs is 1. The number of halogens is 1. The molecule has 2 heterocycles. The van der Waals surface area contributed by atoms with Crippen molar-refractivity contribution in [1.29, 1.82) is 0 Å². The van der Waals surface area contributed by atoms with Gasteiger partial charge in [0.2, 0.25) is 0 Å². The number of carbonyl (C=O) groups excluding carboxylic acids is 1. The Balaban J connectivity index is 1.62. The van der Waals surface area contributed by atoms with Gasteiger partial charge in [0.15, 0.2) is 0 Å². The minimum Gasteiger partial charge on any atom is -0.337 e. The smallest absolute Gasteiger partial charge is 0.264 e. The molecule has 0 aromatic heterocycles. The first-order valence-corrected chi connectivity index (χ1v) is 12.6. The summed E-state index contributed by atoms with van der Waals surface area (Å²) in [4.78, 5) is 14.9. The number of amides is 1. The molecular formula is C21H19IN4O3S2. The van der Waals surface area contributed by atoms with Crippen LogP contribution in [0.2, 0.25) is 0 Å². The Labute approximate surface area is 199 Å². The molecule has 10 heteroatoms. The van der Waals surface area contributed by atoms with Gasteiger partial charge < -0.3 is 9.62 Å². The van der Waals surface area contributed by atoms with E-state index in [0.717, 1.165) is 9.13 Å². The zero-order valence-corrected chi connectivity index (χ0v) is 20.2. The molecule has 0 bridgehead atoms. The third kappa shape index (κ3) is 4.75. The average molecular weight is 566 g/mol. The number of anilines is 1. The molecule has 0 saturated carbocycles. The van der Waals surface area contributed by atoms with E-state index in [4.69, 9.17) is 0 Å². The van der Waals surface area contributed by atoms with Crippen LogP contribution in [0.4, 0.5) is 5.69 Å². The Morgan fingerprint density at radius 3 is 2.77 bits per heavy atom. The highest BCUT2D eigenvalue weighted by Crippen LogP contribution is 2.34. The van der Waals surface area contributed by atoms with Crippen LogP contribution in [-0.4, -0.2) is 30.6 Å². The van der Waals surface area contributed by atoms with Gasteiger partial charge in [0.1, 0.15) is 4.91 Å². The number of allylic oxidation sites excluding steroid dienone is 2. The second-order valence-corrected chi connectivity index (χ2v) is 10.6. The van der Waals surface area contributed by atoms with E-state index in [1.165, 1.54) is 18.2 Å². The monoisotopic (exact) mass is 566 g/mol. The number of nitrogens with zero attached hydrogens (tertiary/aromatic N) is 2.